The second kappa shape index (κ2) is 12.5. The highest BCUT2D eigenvalue weighted by molar-refractivity contribution is 7.92. The van der Waals surface area contributed by atoms with Gasteiger partial charge in [-0.3, -0.25) is 13.9 Å². The summed E-state index contributed by atoms with van der Waals surface area (Å²) in [5.74, 6) is -0.855. The molecule has 2 amide bonds. The monoisotopic (exact) mass is 573 g/mol. The van der Waals surface area contributed by atoms with Crippen molar-refractivity contribution in [3.8, 4) is 0 Å². The largest absolute Gasteiger partial charge is 0.352 e. The van der Waals surface area contributed by atoms with Crippen LogP contribution in [0.3, 0.4) is 0 Å². The first-order valence-corrected chi connectivity index (χ1v) is 14.7. The molecule has 1 aliphatic rings. The number of rotatable bonds is 9. The van der Waals surface area contributed by atoms with E-state index in [1.165, 1.54) is 23.1 Å². The van der Waals surface area contributed by atoms with Crippen molar-refractivity contribution in [3.05, 3.63) is 63.1 Å². The zero-order chi connectivity index (χ0) is 26.5. The van der Waals surface area contributed by atoms with Gasteiger partial charge in [0, 0.05) is 22.6 Å². The van der Waals surface area contributed by atoms with Gasteiger partial charge < -0.3 is 10.2 Å². The summed E-state index contributed by atoms with van der Waals surface area (Å²) in [5, 5.41) is 3.94. The average Bonchev–Trinajstić information content (AvgIpc) is 2.82. The Morgan fingerprint density at radius 1 is 1.03 bits per heavy atom. The highest BCUT2D eigenvalue weighted by Crippen LogP contribution is 2.31. The van der Waals surface area contributed by atoms with Gasteiger partial charge in [0.1, 0.15) is 12.6 Å². The number of halogens is 3. The fourth-order valence-corrected chi connectivity index (χ4v) is 5.76. The molecule has 1 aliphatic carbocycles. The van der Waals surface area contributed by atoms with Crippen LogP contribution in [0.1, 0.15) is 44.6 Å². The molecule has 1 N–H and O–H groups in total. The Hall–Kier alpha value is -2.00. The normalized spacial score (nSPS) is 15.2. The van der Waals surface area contributed by atoms with Crippen LogP contribution in [0.25, 0.3) is 0 Å². The third-order valence-corrected chi connectivity index (χ3v) is 8.13. The third-order valence-electron chi connectivity index (χ3n) is 6.22. The van der Waals surface area contributed by atoms with Gasteiger partial charge in [0.05, 0.1) is 17.0 Å². The molecule has 0 saturated heterocycles. The Labute approximate surface area is 227 Å². The highest BCUT2D eigenvalue weighted by Gasteiger charge is 2.32. The van der Waals surface area contributed by atoms with Gasteiger partial charge in [-0.2, -0.15) is 0 Å². The standard InChI is InChI=1S/C25H30Cl3N3O4S/c1-17(25(33)29-21-9-4-3-5-10-21)30(15-18-7-6-8-19(26)13-18)24(32)16-31(36(2,34)35)23-14-20(27)11-12-22(23)28/h6-8,11-14,17,21H,3-5,9-10,15-16H2,1-2H3,(H,29,33)/t17-/m1/s1. The van der Waals surface area contributed by atoms with Gasteiger partial charge in [0.25, 0.3) is 0 Å². The average molecular weight is 575 g/mol. The fraction of sp³-hybridized carbons (Fsp3) is 0.440. The van der Waals surface area contributed by atoms with Crippen molar-refractivity contribution in [2.45, 2.75) is 57.7 Å². The minimum Gasteiger partial charge on any atom is -0.352 e. The summed E-state index contributed by atoms with van der Waals surface area (Å²) in [6.45, 7) is 1.15. The van der Waals surface area contributed by atoms with Crippen molar-refractivity contribution >= 4 is 62.3 Å². The van der Waals surface area contributed by atoms with E-state index in [0.717, 1.165) is 42.7 Å². The summed E-state index contributed by atoms with van der Waals surface area (Å²) < 4.78 is 26.3. The number of benzene rings is 2. The lowest BCUT2D eigenvalue weighted by atomic mass is 9.95. The molecule has 36 heavy (non-hydrogen) atoms. The predicted octanol–water partition coefficient (Wildman–Crippen LogP) is 5.28. The molecule has 0 aromatic heterocycles. The molecule has 0 aliphatic heterocycles. The smallest absolute Gasteiger partial charge is 0.244 e. The van der Waals surface area contributed by atoms with Crippen molar-refractivity contribution < 1.29 is 18.0 Å². The number of amides is 2. The lowest BCUT2D eigenvalue weighted by Gasteiger charge is -2.33. The zero-order valence-electron chi connectivity index (χ0n) is 20.2. The Morgan fingerprint density at radius 3 is 2.33 bits per heavy atom. The quantitative estimate of drug-likeness (QED) is 0.442. The number of nitrogens with one attached hydrogen (secondary N) is 1. The first-order valence-electron chi connectivity index (χ1n) is 11.7. The van der Waals surface area contributed by atoms with Crippen LogP contribution < -0.4 is 9.62 Å². The maximum atomic E-state index is 13.6. The first-order chi connectivity index (χ1) is 17.0. The molecule has 11 heteroatoms. The summed E-state index contributed by atoms with van der Waals surface area (Å²) in [5.41, 5.74) is 0.793. The van der Waals surface area contributed by atoms with E-state index in [-0.39, 0.29) is 34.2 Å². The Balaban J connectivity index is 1.90. The van der Waals surface area contributed by atoms with Crippen molar-refractivity contribution in [1.29, 1.82) is 0 Å². The Kier molecular flexibility index (Phi) is 9.92. The van der Waals surface area contributed by atoms with Crippen LogP contribution in [0.4, 0.5) is 5.69 Å². The number of carbonyl (C=O) groups is 2. The van der Waals surface area contributed by atoms with Crippen LogP contribution in [0.15, 0.2) is 42.5 Å². The molecular weight excluding hydrogens is 545 g/mol. The number of carbonyl (C=O) groups excluding carboxylic acids is 2. The van der Waals surface area contributed by atoms with Gasteiger partial charge >= 0.3 is 0 Å². The maximum Gasteiger partial charge on any atom is 0.244 e. The number of hydrogen-bond donors (Lipinski definition) is 1. The summed E-state index contributed by atoms with van der Waals surface area (Å²) in [4.78, 5) is 28.2. The number of hydrogen-bond acceptors (Lipinski definition) is 4. The minimum absolute atomic E-state index is 0.0645. The molecule has 0 unspecified atom stereocenters. The van der Waals surface area contributed by atoms with Gasteiger partial charge in [0.15, 0.2) is 0 Å². The second-order valence-electron chi connectivity index (χ2n) is 9.04. The molecular formula is C25H30Cl3N3O4S. The van der Waals surface area contributed by atoms with E-state index in [2.05, 4.69) is 5.32 Å². The number of sulfonamides is 1. The molecule has 0 heterocycles. The van der Waals surface area contributed by atoms with Crippen molar-refractivity contribution in [2.24, 2.45) is 0 Å². The van der Waals surface area contributed by atoms with Gasteiger partial charge in [-0.15, -0.1) is 0 Å². The fourth-order valence-electron chi connectivity index (χ4n) is 4.26. The molecule has 1 saturated carbocycles. The van der Waals surface area contributed by atoms with Crippen molar-refractivity contribution in [1.82, 2.24) is 10.2 Å². The molecule has 0 spiro atoms. The SMILES string of the molecule is C[C@H](C(=O)NC1CCCCC1)N(Cc1cccc(Cl)c1)C(=O)CN(c1cc(Cl)ccc1Cl)S(C)(=O)=O. The van der Waals surface area contributed by atoms with Gasteiger partial charge in [-0.05, 0) is 55.7 Å². The molecule has 1 atom stereocenters. The summed E-state index contributed by atoms with van der Waals surface area (Å²) in [7, 11) is -3.91. The molecule has 0 radical (unpaired) electrons. The second-order valence-corrected chi connectivity index (χ2v) is 12.2. The Morgan fingerprint density at radius 2 is 1.69 bits per heavy atom. The first kappa shape index (κ1) is 28.6. The van der Waals surface area contributed by atoms with Crippen LogP contribution in [0, 0.1) is 0 Å². The van der Waals surface area contributed by atoms with Crippen LogP contribution in [0.5, 0.6) is 0 Å². The summed E-state index contributed by atoms with van der Waals surface area (Å²) in [6, 6.07) is 10.5. The molecule has 2 aromatic carbocycles. The molecule has 0 bridgehead atoms. The van der Waals surface area contributed by atoms with E-state index in [1.54, 1.807) is 31.2 Å². The maximum absolute atomic E-state index is 13.6. The van der Waals surface area contributed by atoms with Crippen LogP contribution in [-0.2, 0) is 26.2 Å². The molecule has 3 rings (SSSR count). The van der Waals surface area contributed by atoms with Crippen LogP contribution in [-0.4, -0.2) is 50.0 Å². The van der Waals surface area contributed by atoms with Gasteiger partial charge in [0.2, 0.25) is 21.8 Å². The summed E-state index contributed by atoms with van der Waals surface area (Å²) in [6.07, 6.45) is 6.03. The highest BCUT2D eigenvalue weighted by atomic mass is 35.5. The molecule has 1 fully saturated rings. The van der Waals surface area contributed by atoms with Gasteiger partial charge in [-0.1, -0.05) is 66.2 Å². The van der Waals surface area contributed by atoms with E-state index in [1.807, 2.05) is 0 Å². The van der Waals surface area contributed by atoms with Crippen molar-refractivity contribution in [3.63, 3.8) is 0 Å². The van der Waals surface area contributed by atoms with E-state index in [0.29, 0.717) is 10.6 Å². The third kappa shape index (κ3) is 7.75. The molecule has 2 aromatic rings. The van der Waals surface area contributed by atoms with E-state index < -0.39 is 28.5 Å². The van der Waals surface area contributed by atoms with E-state index in [4.69, 9.17) is 34.8 Å². The minimum atomic E-state index is -3.91. The van der Waals surface area contributed by atoms with Crippen molar-refractivity contribution in [2.75, 3.05) is 17.1 Å². The van der Waals surface area contributed by atoms with Crippen LogP contribution in [0.2, 0.25) is 15.1 Å². The zero-order valence-corrected chi connectivity index (χ0v) is 23.3. The molecule has 196 valence electrons. The van der Waals surface area contributed by atoms with E-state index in [9.17, 15) is 18.0 Å². The lowest BCUT2D eigenvalue weighted by molar-refractivity contribution is -0.139. The van der Waals surface area contributed by atoms with E-state index >= 15 is 0 Å². The predicted molar refractivity (Wildman–Crippen MR) is 145 cm³/mol. The van der Waals surface area contributed by atoms with Crippen LogP contribution >= 0.6 is 34.8 Å². The molecule has 7 nitrogen and oxygen atoms in total. The number of anilines is 1. The lowest BCUT2D eigenvalue weighted by Crippen LogP contribution is -2.53. The Bertz CT molecular complexity index is 1200. The van der Waals surface area contributed by atoms with Gasteiger partial charge in [-0.25, -0.2) is 8.42 Å². The summed E-state index contributed by atoms with van der Waals surface area (Å²) >= 11 is 18.5. The topological polar surface area (TPSA) is 86.8 Å². The number of nitrogens with zero attached hydrogens (tertiary/aromatic N) is 2.